The minimum Gasteiger partial charge on any atom is -0.468 e. The van der Waals surface area contributed by atoms with Crippen LogP contribution in [0.25, 0.3) is 0 Å². The lowest BCUT2D eigenvalue weighted by Gasteiger charge is -2.37. The van der Waals surface area contributed by atoms with Crippen LogP contribution in [0.3, 0.4) is 0 Å². The minimum atomic E-state index is -2.63. The highest BCUT2D eigenvalue weighted by Gasteiger charge is 2.47. The van der Waals surface area contributed by atoms with Crippen molar-refractivity contribution >= 4 is 5.97 Å². The Hall–Kier alpha value is -0.710. The molecule has 1 N–H and O–H groups in total. The number of rotatable bonds is 2. The minimum absolute atomic E-state index is 0.128. The van der Waals surface area contributed by atoms with Crippen LogP contribution >= 0.6 is 0 Å². The number of carbonyl (C=O) groups is 1. The Morgan fingerprint density at radius 1 is 1.29 bits per heavy atom. The molecule has 1 fully saturated rings. The first-order valence-electron chi connectivity index (χ1n) is 4.61. The number of halogens is 2. The predicted octanol–water partition coefficient (Wildman–Crippen LogP) is 1.33. The van der Waals surface area contributed by atoms with E-state index in [0.29, 0.717) is 0 Å². The molecule has 1 rings (SSSR count). The number of hydrogen-bond acceptors (Lipinski definition) is 3. The number of alkyl halides is 2. The maximum atomic E-state index is 12.9. The summed E-state index contributed by atoms with van der Waals surface area (Å²) in [4.78, 5) is 11.4. The summed E-state index contributed by atoms with van der Waals surface area (Å²) in [5, 5.41) is 2.80. The van der Waals surface area contributed by atoms with E-state index in [4.69, 9.17) is 0 Å². The van der Waals surface area contributed by atoms with E-state index in [2.05, 4.69) is 10.1 Å². The number of nitrogens with one attached hydrogen (secondary N) is 1. The third-order valence-electron chi connectivity index (χ3n) is 2.89. The molecule has 1 saturated carbocycles. The molecule has 0 saturated heterocycles. The molecular weight excluding hydrogens is 192 g/mol. The van der Waals surface area contributed by atoms with Crippen LogP contribution < -0.4 is 5.32 Å². The molecule has 0 aromatic carbocycles. The van der Waals surface area contributed by atoms with E-state index < -0.39 is 17.4 Å². The van der Waals surface area contributed by atoms with Crippen LogP contribution in [0.1, 0.15) is 25.7 Å². The van der Waals surface area contributed by atoms with Crippen molar-refractivity contribution in [2.45, 2.75) is 37.1 Å². The van der Waals surface area contributed by atoms with Crippen LogP contribution in [-0.4, -0.2) is 31.6 Å². The highest BCUT2D eigenvalue weighted by molar-refractivity contribution is 5.80. The van der Waals surface area contributed by atoms with Gasteiger partial charge in [-0.3, -0.25) is 4.79 Å². The standard InChI is InChI=1S/C9H15F2NO2/c1-12-8(7(13)14-2)3-5-9(10,11)6-4-8/h12H,3-6H2,1-2H3. The summed E-state index contributed by atoms with van der Waals surface area (Å²) >= 11 is 0. The van der Waals surface area contributed by atoms with Crippen molar-refractivity contribution in [2.75, 3.05) is 14.2 Å². The summed E-state index contributed by atoms with van der Waals surface area (Å²) in [6.45, 7) is 0. The van der Waals surface area contributed by atoms with Gasteiger partial charge in [0, 0.05) is 12.8 Å². The van der Waals surface area contributed by atoms with Crippen molar-refractivity contribution in [3.8, 4) is 0 Å². The van der Waals surface area contributed by atoms with Crippen LogP contribution in [0, 0.1) is 0 Å². The summed E-state index contributed by atoms with van der Waals surface area (Å²) in [6.07, 6.45) is -0.266. The summed E-state index contributed by atoms with van der Waals surface area (Å²) in [5.41, 5.74) is -0.906. The van der Waals surface area contributed by atoms with E-state index in [1.54, 1.807) is 7.05 Å². The fraction of sp³-hybridized carbons (Fsp3) is 0.889. The average Bonchev–Trinajstić information content (AvgIpc) is 2.18. The monoisotopic (exact) mass is 207 g/mol. The van der Waals surface area contributed by atoms with Gasteiger partial charge in [-0.05, 0) is 19.9 Å². The molecule has 0 atom stereocenters. The molecular formula is C9H15F2NO2. The molecule has 0 heterocycles. The maximum Gasteiger partial charge on any atom is 0.326 e. The maximum absolute atomic E-state index is 12.9. The molecule has 0 aromatic rings. The van der Waals surface area contributed by atoms with Crippen molar-refractivity contribution in [3.63, 3.8) is 0 Å². The number of esters is 1. The first kappa shape index (κ1) is 11.4. The molecule has 0 unspecified atom stereocenters. The Morgan fingerprint density at radius 3 is 2.14 bits per heavy atom. The van der Waals surface area contributed by atoms with Gasteiger partial charge < -0.3 is 10.1 Å². The molecule has 0 spiro atoms. The van der Waals surface area contributed by atoms with Gasteiger partial charge in [0.1, 0.15) is 5.54 Å². The topological polar surface area (TPSA) is 38.3 Å². The molecule has 82 valence electrons. The Balaban J connectivity index is 2.71. The first-order valence-corrected chi connectivity index (χ1v) is 4.61. The summed E-state index contributed by atoms with van der Waals surface area (Å²) in [7, 11) is 2.87. The van der Waals surface area contributed by atoms with Crippen LogP contribution in [0.2, 0.25) is 0 Å². The lowest BCUT2D eigenvalue weighted by molar-refractivity contribution is -0.153. The van der Waals surface area contributed by atoms with Crippen molar-refractivity contribution in [1.29, 1.82) is 0 Å². The molecule has 0 aromatic heterocycles. The van der Waals surface area contributed by atoms with Crippen molar-refractivity contribution in [1.82, 2.24) is 5.32 Å². The van der Waals surface area contributed by atoms with Gasteiger partial charge in [-0.15, -0.1) is 0 Å². The Labute approximate surface area is 81.8 Å². The van der Waals surface area contributed by atoms with Gasteiger partial charge in [0.15, 0.2) is 0 Å². The Kier molecular flexibility index (Phi) is 3.09. The fourth-order valence-electron chi connectivity index (χ4n) is 1.79. The first-order chi connectivity index (χ1) is 6.46. The lowest BCUT2D eigenvalue weighted by Crippen LogP contribution is -2.54. The van der Waals surface area contributed by atoms with E-state index in [9.17, 15) is 13.6 Å². The zero-order chi connectivity index (χ0) is 10.8. The zero-order valence-electron chi connectivity index (χ0n) is 8.40. The van der Waals surface area contributed by atoms with Crippen molar-refractivity contribution < 1.29 is 18.3 Å². The largest absolute Gasteiger partial charge is 0.468 e. The van der Waals surface area contributed by atoms with E-state index in [1.165, 1.54) is 7.11 Å². The molecule has 1 aliphatic rings. The van der Waals surface area contributed by atoms with E-state index in [-0.39, 0.29) is 25.7 Å². The lowest BCUT2D eigenvalue weighted by atomic mass is 9.80. The van der Waals surface area contributed by atoms with Gasteiger partial charge >= 0.3 is 5.97 Å². The summed E-state index contributed by atoms with van der Waals surface area (Å²) < 4.78 is 30.3. The molecule has 3 nitrogen and oxygen atoms in total. The third kappa shape index (κ3) is 2.03. The highest BCUT2D eigenvalue weighted by Crippen LogP contribution is 2.38. The molecule has 0 radical (unpaired) electrons. The molecule has 5 heteroatoms. The SMILES string of the molecule is CNC1(C(=O)OC)CCC(F)(F)CC1. The second-order valence-electron chi connectivity index (χ2n) is 3.68. The van der Waals surface area contributed by atoms with Gasteiger partial charge in [-0.1, -0.05) is 0 Å². The van der Waals surface area contributed by atoms with E-state index in [1.807, 2.05) is 0 Å². The Morgan fingerprint density at radius 2 is 1.79 bits per heavy atom. The smallest absolute Gasteiger partial charge is 0.326 e. The van der Waals surface area contributed by atoms with Gasteiger partial charge in [-0.2, -0.15) is 0 Å². The average molecular weight is 207 g/mol. The van der Waals surface area contributed by atoms with Crippen LogP contribution in [-0.2, 0) is 9.53 Å². The van der Waals surface area contributed by atoms with E-state index >= 15 is 0 Å². The number of carbonyl (C=O) groups excluding carboxylic acids is 1. The number of ether oxygens (including phenoxy) is 1. The van der Waals surface area contributed by atoms with E-state index in [0.717, 1.165) is 0 Å². The summed E-state index contributed by atoms with van der Waals surface area (Å²) in [6, 6.07) is 0. The second kappa shape index (κ2) is 3.81. The van der Waals surface area contributed by atoms with Gasteiger partial charge in [0.25, 0.3) is 0 Å². The van der Waals surface area contributed by atoms with Crippen LogP contribution in [0.5, 0.6) is 0 Å². The molecule has 0 aliphatic heterocycles. The summed E-state index contributed by atoms with van der Waals surface area (Å²) in [5.74, 6) is -3.08. The zero-order valence-corrected chi connectivity index (χ0v) is 8.40. The number of hydrogen-bond donors (Lipinski definition) is 1. The molecule has 0 amide bonds. The third-order valence-corrected chi connectivity index (χ3v) is 2.89. The molecule has 14 heavy (non-hydrogen) atoms. The number of methoxy groups -OCH3 is 1. The number of likely N-dealkylation sites (N-methyl/N-ethyl adjacent to an activating group) is 1. The fourth-order valence-corrected chi connectivity index (χ4v) is 1.79. The van der Waals surface area contributed by atoms with Crippen molar-refractivity contribution in [3.05, 3.63) is 0 Å². The highest BCUT2D eigenvalue weighted by atomic mass is 19.3. The quantitative estimate of drug-likeness (QED) is 0.694. The van der Waals surface area contributed by atoms with Gasteiger partial charge in [0.05, 0.1) is 7.11 Å². The normalized spacial score (nSPS) is 24.3. The van der Waals surface area contributed by atoms with Gasteiger partial charge in [0.2, 0.25) is 5.92 Å². The van der Waals surface area contributed by atoms with Gasteiger partial charge in [-0.25, -0.2) is 8.78 Å². The second-order valence-corrected chi connectivity index (χ2v) is 3.68. The predicted molar refractivity (Wildman–Crippen MR) is 47.2 cm³/mol. The van der Waals surface area contributed by atoms with Crippen LogP contribution in [0.4, 0.5) is 8.78 Å². The van der Waals surface area contributed by atoms with Crippen LogP contribution in [0.15, 0.2) is 0 Å². The molecule has 1 aliphatic carbocycles. The Bertz CT molecular complexity index is 221. The molecule has 0 bridgehead atoms. The van der Waals surface area contributed by atoms with Crippen molar-refractivity contribution in [2.24, 2.45) is 0 Å².